The van der Waals surface area contributed by atoms with Gasteiger partial charge in [-0.2, -0.15) is 0 Å². The highest BCUT2D eigenvalue weighted by Gasteiger charge is 2.18. The van der Waals surface area contributed by atoms with Gasteiger partial charge < -0.3 is 9.32 Å². The Bertz CT molecular complexity index is 726. The zero-order valence-electron chi connectivity index (χ0n) is 15.8. The first-order valence-corrected chi connectivity index (χ1v) is 10.3. The smallest absolute Gasteiger partial charge is 0.277 e. The molecule has 0 spiro atoms. The van der Waals surface area contributed by atoms with Gasteiger partial charge >= 0.3 is 0 Å². The summed E-state index contributed by atoms with van der Waals surface area (Å²) in [7, 11) is 0. The molecule has 1 aromatic carbocycles. The van der Waals surface area contributed by atoms with Crippen LogP contribution in [0.2, 0.25) is 0 Å². The maximum absolute atomic E-state index is 12.3. The SMILES string of the molecule is CC(C)(C)c1ccc(-c2nnc(SCC(=O)N3CCCCCC3)o2)cc1. The molecular weight excluding hydrogens is 346 g/mol. The molecule has 0 atom stereocenters. The van der Waals surface area contributed by atoms with E-state index in [-0.39, 0.29) is 11.3 Å². The van der Waals surface area contributed by atoms with Crippen molar-refractivity contribution in [1.29, 1.82) is 0 Å². The first-order valence-electron chi connectivity index (χ1n) is 9.28. The topological polar surface area (TPSA) is 59.2 Å². The van der Waals surface area contributed by atoms with Gasteiger partial charge in [-0.05, 0) is 36.0 Å². The van der Waals surface area contributed by atoms with Crippen LogP contribution in [-0.4, -0.2) is 39.8 Å². The third-order valence-corrected chi connectivity index (χ3v) is 5.49. The molecule has 1 saturated heterocycles. The van der Waals surface area contributed by atoms with E-state index in [4.69, 9.17) is 4.42 Å². The van der Waals surface area contributed by atoms with Crippen molar-refractivity contribution in [1.82, 2.24) is 15.1 Å². The first kappa shape index (κ1) is 19.0. The molecule has 0 unspecified atom stereocenters. The van der Waals surface area contributed by atoms with Crippen LogP contribution in [0.25, 0.3) is 11.5 Å². The van der Waals surface area contributed by atoms with Crippen LogP contribution in [0, 0.1) is 0 Å². The molecule has 1 aliphatic heterocycles. The second kappa shape index (κ2) is 8.25. The number of hydrogen-bond acceptors (Lipinski definition) is 5. The van der Waals surface area contributed by atoms with E-state index >= 15 is 0 Å². The van der Waals surface area contributed by atoms with Crippen molar-refractivity contribution in [2.45, 2.75) is 57.1 Å². The number of benzene rings is 1. The number of hydrogen-bond donors (Lipinski definition) is 0. The number of amides is 1. The maximum Gasteiger partial charge on any atom is 0.277 e. The molecule has 2 aromatic rings. The van der Waals surface area contributed by atoms with Crippen LogP contribution < -0.4 is 0 Å². The van der Waals surface area contributed by atoms with Gasteiger partial charge in [0.25, 0.3) is 5.22 Å². The Labute approximate surface area is 159 Å². The molecule has 0 radical (unpaired) electrons. The predicted octanol–water partition coefficient (Wildman–Crippen LogP) is 4.53. The van der Waals surface area contributed by atoms with Crippen molar-refractivity contribution in [3.8, 4) is 11.5 Å². The largest absolute Gasteiger partial charge is 0.411 e. The Morgan fingerprint density at radius 2 is 1.73 bits per heavy atom. The number of rotatable bonds is 4. The Morgan fingerprint density at radius 3 is 2.35 bits per heavy atom. The molecule has 1 aliphatic rings. The number of aromatic nitrogens is 2. The van der Waals surface area contributed by atoms with E-state index in [0.29, 0.717) is 16.9 Å². The molecule has 26 heavy (non-hydrogen) atoms. The summed E-state index contributed by atoms with van der Waals surface area (Å²) < 4.78 is 5.73. The Kier molecular flexibility index (Phi) is 6.01. The zero-order chi connectivity index (χ0) is 18.6. The lowest BCUT2D eigenvalue weighted by molar-refractivity contribution is -0.128. The molecule has 1 aromatic heterocycles. The van der Waals surface area contributed by atoms with Crippen LogP contribution in [0.3, 0.4) is 0 Å². The average molecular weight is 374 g/mol. The monoisotopic (exact) mass is 373 g/mol. The number of carbonyl (C=O) groups excluding carboxylic acids is 1. The van der Waals surface area contributed by atoms with Gasteiger partial charge in [-0.1, -0.05) is 57.5 Å². The summed E-state index contributed by atoms with van der Waals surface area (Å²) in [6, 6.07) is 8.19. The van der Waals surface area contributed by atoms with E-state index in [0.717, 1.165) is 31.5 Å². The molecule has 5 nitrogen and oxygen atoms in total. The van der Waals surface area contributed by atoms with Crippen LogP contribution in [0.15, 0.2) is 33.9 Å². The van der Waals surface area contributed by atoms with Crippen LogP contribution >= 0.6 is 11.8 Å². The lowest BCUT2D eigenvalue weighted by Gasteiger charge is -2.19. The number of likely N-dealkylation sites (tertiary alicyclic amines) is 1. The predicted molar refractivity (Wildman–Crippen MR) is 104 cm³/mol. The lowest BCUT2D eigenvalue weighted by Crippen LogP contribution is -2.33. The summed E-state index contributed by atoms with van der Waals surface area (Å²) in [5.74, 6) is 1.01. The molecule has 3 rings (SSSR count). The Hall–Kier alpha value is -1.82. The molecule has 0 saturated carbocycles. The number of carbonyl (C=O) groups is 1. The van der Waals surface area contributed by atoms with E-state index in [9.17, 15) is 4.79 Å². The zero-order valence-corrected chi connectivity index (χ0v) is 16.6. The van der Waals surface area contributed by atoms with E-state index in [2.05, 4.69) is 43.1 Å². The first-order chi connectivity index (χ1) is 12.4. The summed E-state index contributed by atoms with van der Waals surface area (Å²) in [4.78, 5) is 14.3. The minimum atomic E-state index is 0.113. The molecule has 0 aliphatic carbocycles. The molecular formula is C20H27N3O2S. The number of thioether (sulfide) groups is 1. The fourth-order valence-electron chi connectivity index (χ4n) is 3.03. The molecule has 1 fully saturated rings. The van der Waals surface area contributed by atoms with E-state index in [1.165, 1.54) is 30.2 Å². The van der Waals surface area contributed by atoms with Gasteiger partial charge in [0, 0.05) is 18.7 Å². The van der Waals surface area contributed by atoms with Crippen LogP contribution in [0.5, 0.6) is 0 Å². The van der Waals surface area contributed by atoms with E-state index in [1.54, 1.807) is 0 Å². The normalized spacial score (nSPS) is 15.7. The van der Waals surface area contributed by atoms with Crippen LogP contribution in [-0.2, 0) is 10.2 Å². The molecule has 1 amide bonds. The maximum atomic E-state index is 12.3. The third kappa shape index (κ3) is 4.87. The van der Waals surface area contributed by atoms with Crippen LogP contribution in [0.1, 0.15) is 52.0 Å². The van der Waals surface area contributed by atoms with Crippen molar-refractivity contribution >= 4 is 17.7 Å². The van der Waals surface area contributed by atoms with E-state index < -0.39 is 0 Å². The minimum Gasteiger partial charge on any atom is -0.411 e. The quantitative estimate of drug-likeness (QED) is 0.737. The molecule has 0 N–H and O–H groups in total. The van der Waals surface area contributed by atoms with Gasteiger partial charge in [0.05, 0.1) is 5.75 Å². The minimum absolute atomic E-state index is 0.113. The highest BCUT2D eigenvalue weighted by atomic mass is 32.2. The Balaban J connectivity index is 1.58. The van der Waals surface area contributed by atoms with Gasteiger partial charge in [-0.3, -0.25) is 4.79 Å². The summed E-state index contributed by atoms with van der Waals surface area (Å²) in [5, 5.41) is 8.64. The van der Waals surface area contributed by atoms with Crippen molar-refractivity contribution in [3.05, 3.63) is 29.8 Å². The lowest BCUT2D eigenvalue weighted by atomic mass is 9.87. The summed E-state index contributed by atoms with van der Waals surface area (Å²) in [6.07, 6.45) is 4.65. The van der Waals surface area contributed by atoms with Gasteiger partial charge in [-0.15, -0.1) is 10.2 Å². The molecule has 0 bridgehead atoms. The second-order valence-electron chi connectivity index (χ2n) is 7.78. The van der Waals surface area contributed by atoms with E-state index in [1.807, 2.05) is 17.0 Å². The highest BCUT2D eigenvalue weighted by molar-refractivity contribution is 7.99. The van der Waals surface area contributed by atoms with Gasteiger partial charge in [0.2, 0.25) is 11.8 Å². The molecule has 140 valence electrons. The third-order valence-electron chi connectivity index (χ3n) is 4.68. The van der Waals surface area contributed by atoms with Crippen LogP contribution in [0.4, 0.5) is 0 Å². The summed E-state index contributed by atoms with van der Waals surface area (Å²) in [5.41, 5.74) is 2.27. The molecule has 6 heteroatoms. The van der Waals surface area contributed by atoms with Crippen molar-refractivity contribution in [2.75, 3.05) is 18.8 Å². The fourth-order valence-corrected chi connectivity index (χ4v) is 3.70. The fraction of sp³-hybridized carbons (Fsp3) is 0.550. The Morgan fingerprint density at radius 1 is 1.08 bits per heavy atom. The highest BCUT2D eigenvalue weighted by Crippen LogP contribution is 2.27. The number of nitrogens with zero attached hydrogens (tertiary/aromatic N) is 3. The second-order valence-corrected chi connectivity index (χ2v) is 8.71. The van der Waals surface area contributed by atoms with Gasteiger partial charge in [0.15, 0.2) is 0 Å². The van der Waals surface area contributed by atoms with Gasteiger partial charge in [-0.25, -0.2) is 0 Å². The van der Waals surface area contributed by atoms with Crippen molar-refractivity contribution < 1.29 is 9.21 Å². The summed E-state index contributed by atoms with van der Waals surface area (Å²) >= 11 is 1.32. The summed E-state index contributed by atoms with van der Waals surface area (Å²) in [6.45, 7) is 8.30. The average Bonchev–Trinajstić information content (AvgIpc) is 2.92. The van der Waals surface area contributed by atoms with Gasteiger partial charge in [0.1, 0.15) is 0 Å². The van der Waals surface area contributed by atoms with Crippen molar-refractivity contribution in [2.24, 2.45) is 0 Å². The van der Waals surface area contributed by atoms with Crippen molar-refractivity contribution in [3.63, 3.8) is 0 Å². The standard InChI is InChI=1S/C20H27N3O2S/c1-20(2,3)16-10-8-15(9-11-16)18-21-22-19(25-18)26-14-17(24)23-12-6-4-5-7-13-23/h8-11H,4-7,12-14H2,1-3H3. The molecule has 2 heterocycles.